The third-order valence-electron chi connectivity index (χ3n) is 8.75. The number of anilines is 1. The van der Waals surface area contributed by atoms with Gasteiger partial charge >= 0.3 is 5.97 Å². The first-order valence-corrected chi connectivity index (χ1v) is 12.4. The molecule has 2 heterocycles. The van der Waals surface area contributed by atoms with Crippen LogP contribution in [0.4, 0.5) is 5.69 Å². The predicted octanol–water partition coefficient (Wildman–Crippen LogP) is 4.66. The van der Waals surface area contributed by atoms with Crippen LogP contribution in [0.25, 0.3) is 0 Å². The van der Waals surface area contributed by atoms with Gasteiger partial charge in [-0.05, 0) is 75.6 Å². The Kier molecular flexibility index (Phi) is 5.73. The lowest BCUT2D eigenvalue weighted by molar-refractivity contribution is -0.145. The number of carbonyl (C=O) groups is 1. The van der Waals surface area contributed by atoms with Crippen molar-refractivity contribution in [2.75, 3.05) is 38.2 Å². The second kappa shape index (κ2) is 8.40. The Hall–Kier alpha value is -2.01. The SMILES string of the molecule is COc1ccc(N2CCN(C[C@H]3C(=O)O[C@@H]4C[C@@]5(C)CCCC(C)=C5C[C@@H]43)C[C@H]2C)cc1. The van der Waals surface area contributed by atoms with Gasteiger partial charge < -0.3 is 14.4 Å². The van der Waals surface area contributed by atoms with Crippen molar-refractivity contribution in [3.8, 4) is 5.75 Å². The van der Waals surface area contributed by atoms with Crippen LogP contribution in [0, 0.1) is 17.3 Å². The Balaban J connectivity index is 1.25. The maximum Gasteiger partial charge on any atom is 0.310 e. The van der Waals surface area contributed by atoms with Crippen LogP contribution >= 0.6 is 0 Å². The lowest BCUT2D eigenvalue weighted by Gasteiger charge is -2.46. The molecule has 32 heavy (non-hydrogen) atoms. The molecule has 2 aliphatic heterocycles. The molecular formula is C27H38N2O3. The fraction of sp³-hybridized carbons (Fsp3) is 0.667. The second-order valence-electron chi connectivity index (χ2n) is 10.8. The zero-order chi connectivity index (χ0) is 22.5. The average Bonchev–Trinajstić information content (AvgIpc) is 3.06. The van der Waals surface area contributed by atoms with Gasteiger partial charge in [-0.15, -0.1) is 0 Å². The maximum absolute atomic E-state index is 12.9. The number of carbonyl (C=O) groups excluding carboxylic acids is 1. The number of fused-ring (bicyclic) bond motifs is 2. The van der Waals surface area contributed by atoms with E-state index in [1.165, 1.54) is 24.9 Å². The molecule has 0 N–H and O–H groups in total. The smallest absolute Gasteiger partial charge is 0.310 e. The van der Waals surface area contributed by atoms with E-state index in [0.29, 0.717) is 12.0 Å². The Morgan fingerprint density at radius 3 is 2.72 bits per heavy atom. The number of hydrogen-bond donors (Lipinski definition) is 0. The minimum absolute atomic E-state index is 0.0199. The van der Waals surface area contributed by atoms with Gasteiger partial charge in [-0.3, -0.25) is 9.69 Å². The highest BCUT2D eigenvalue weighted by molar-refractivity contribution is 5.76. The monoisotopic (exact) mass is 438 g/mol. The summed E-state index contributed by atoms with van der Waals surface area (Å²) in [6.45, 7) is 10.8. The summed E-state index contributed by atoms with van der Waals surface area (Å²) in [5.41, 5.74) is 4.71. The Morgan fingerprint density at radius 2 is 2.00 bits per heavy atom. The van der Waals surface area contributed by atoms with E-state index in [4.69, 9.17) is 9.47 Å². The van der Waals surface area contributed by atoms with Crippen LogP contribution in [0.1, 0.15) is 52.9 Å². The highest BCUT2D eigenvalue weighted by Crippen LogP contribution is 2.55. The maximum atomic E-state index is 12.9. The van der Waals surface area contributed by atoms with Gasteiger partial charge in [-0.2, -0.15) is 0 Å². The molecule has 5 rings (SSSR count). The number of allylic oxidation sites excluding steroid dienone is 2. The van der Waals surface area contributed by atoms with Gasteiger partial charge in [0.05, 0.1) is 13.0 Å². The summed E-state index contributed by atoms with van der Waals surface area (Å²) >= 11 is 0. The first-order chi connectivity index (χ1) is 15.4. The van der Waals surface area contributed by atoms with Gasteiger partial charge in [0.15, 0.2) is 0 Å². The van der Waals surface area contributed by atoms with Crippen LogP contribution in [-0.4, -0.2) is 56.3 Å². The zero-order valence-electron chi connectivity index (χ0n) is 20.1. The van der Waals surface area contributed by atoms with Crippen molar-refractivity contribution in [3.05, 3.63) is 35.4 Å². The minimum Gasteiger partial charge on any atom is -0.497 e. The molecule has 174 valence electrons. The molecule has 5 nitrogen and oxygen atoms in total. The van der Waals surface area contributed by atoms with E-state index < -0.39 is 0 Å². The molecule has 4 aliphatic rings. The number of nitrogens with zero attached hydrogens (tertiary/aromatic N) is 2. The summed E-state index contributed by atoms with van der Waals surface area (Å²) < 4.78 is 11.3. The number of ether oxygens (including phenoxy) is 2. The highest BCUT2D eigenvalue weighted by atomic mass is 16.6. The van der Waals surface area contributed by atoms with E-state index in [-0.39, 0.29) is 23.4 Å². The number of esters is 1. The zero-order valence-corrected chi connectivity index (χ0v) is 20.1. The first kappa shape index (κ1) is 21.8. The molecule has 1 saturated carbocycles. The summed E-state index contributed by atoms with van der Waals surface area (Å²) in [7, 11) is 1.70. The fourth-order valence-corrected chi connectivity index (χ4v) is 6.96. The molecule has 5 heteroatoms. The van der Waals surface area contributed by atoms with E-state index >= 15 is 0 Å². The van der Waals surface area contributed by atoms with E-state index in [9.17, 15) is 4.79 Å². The Bertz CT molecular complexity index is 895. The van der Waals surface area contributed by atoms with Crippen molar-refractivity contribution in [2.24, 2.45) is 17.3 Å². The minimum atomic E-state index is 0.0199. The molecule has 0 aromatic heterocycles. The average molecular weight is 439 g/mol. The number of hydrogen-bond acceptors (Lipinski definition) is 5. The van der Waals surface area contributed by atoms with E-state index in [1.807, 2.05) is 12.1 Å². The Morgan fingerprint density at radius 1 is 1.22 bits per heavy atom. The van der Waals surface area contributed by atoms with E-state index in [1.54, 1.807) is 18.3 Å². The second-order valence-corrected chi connectivity index (χ2v) is 10.8. The van der Waals surface area contributed by atoms with Crippen molar-refractivity contribution in [3.63, 3.8) is 0 Å². The number of methoxy groups -OCH3 is 1. The van der Waals surface area contributed by atoms with Crippen LogP contribution in [0.2, 0.25) is 0 Å². The molecule has 2 aliphatic carbocycles. The first-order valence-electron chi connectivity index (χ1n) is 12.4. The topological polar surface area (TPSA) is 42.0 Å². The van der Waals surface area contributed by atoms with Crippen molar-refractivity contribution in [1.82, 2.24) is 4.90 Å². The van der Waals surface area contributed by atoms with Crippen LogP contribution < -0.4 is 9.64 Å². The molecule has 1 aromatic rings. The molecule has 0 radical (unpaired) electrons. The summed E-state index contributed by atoms with van der Waals surface area (Å²) in [5, 5.41) is 0. The Labute approximate surface area is 192 Å². The lowest BCUT2D eigenvalue weighted by atomic mass is 9.59. The normalized spacial score (nSPS) is 35.4. The molecular weight excluding hydrogens is 400 g/mol. The fourth-order valence-electron chi connectivity index (χ4n) is 6.96. The lowest BCUT2D eigenvalue weighted by Crippen LogP contribution is -2.53. The van der Waals surface area contributed by atoms with Gasteiger partial charge in [-0.25, -0.2) is 0 Å². The molecule has 5 atom stereocenters. The summed E-state index contributed by atoms with van der Waals surface area (Å²) in [5.74, 6) is 1.31. The van der Waals surface area contributed by atoms with Gasteiger partial charge in [0.25, 0.3) is 0 Å². The molecule has 1 aromatic carbocycles. The predicted molar refractivity (Wildman–Crippen MR) is 127 cm³/mol. The number of rotatable bonds is 4. The van der Waals surface area contributed by atoms with Gasteiger partial charge in [-0.1, -0.05) is 18.1 Å². The molecule has 0 spiro atoms. The molecule has 0 unspecified atom stereocenters. The highest BCUT2D eigenvalue weighted by Gasteiger charge is 2.53. The number of benzene rings is 1. The third-order valence-corrected chi connectivity index (χ3v) is 8.75. The summed E-state index contributed by atoms with van der Waals surface area (Å²) in [4.78, 5) is 17.9. The van der Waals surface area contributed by atoms with Crippen molar-refractivity contribution >= 4 is 11.7 Å². The van der Waals surface area contributed by atoms with Crippen molar-refractivity contribution in [2.45, 2.75) is 65.0 Å². The summed E-state index contributed by atoms with van der Waals surface area (Å²) in [6, 6.07) is 8.75. The van der Waals surface area contributed by atoms with Gasteiger partial charge in [0.1, 0.15) is 11.9 Å². The van der Waals surface area contributed by atoms with Crippen molar-refractivity contribution < 1.29 is 14.3 Å². The van der Waals surface area contributed by atoms with E-state index in [0.717, 1.165) is 44.8 Å². The van der Waals surface area contributed by atoms with Crippen molar-refractivity contribution in [1.29, 1.82) is 0 Å². The van der Waals surface area contributed by atoms with Crippen LogP contribution in [0.5, 0.6) is 5.75 Å². The van der Waals surface area contributed by atoms with Crippen LogP contribution in [-0.2, 0) is 9.53 Å². The molecule has 0 amide bonds. The number of piperazine rings is 1. The van der Waals surface area contributed by atoms with Gasteiger partial charge in [0.2, 0.25) is 0 Å². The van der Waals surface area contributed by atoms with Gasteiger partial charge in [0, 0.05) is 43.8 Å². The molecule has 0 bridgehead atoms. The van der Waals surface area contributed by atoms with Crippen LogP contribution in [0.3, 0.4) is 0 Å². The standard InChI is InChI=1S/C27H38N2O3/c1-18-6-5-11-27(3)15-25-22(14-24(18)27)23(26(30)32-25)17-28-12-13-29(19(2)16-28)20-7-9-21(31-4)10-8-20/h7-10,19,22-23,25H,5-6,11-17H2,1-4H3/t19-,22-,23-,25-,27-/m1/s1. The molecule has 3 fully saturated rings. The third kappa shape index (κ3) is 3.83. The van der Waals surface area contributed by atoms with E-state index in [2.05, 4.69) is 42.7 Å². The summed E-state index contributed by atoms with van der Waals surface area (Å²) in [6.07, 6.45) is 5.95. The van der Waals surface area contributed by atoms with Crippen LogP contribution in [0.15, 0.2) is 35.4 Å². The largest absolute Gasteiger partial charge is 0.497 e. The quantitative estimate of drug-likeness (QED) is 0.505. The molecule has 2 saturated heterocycles.